The summed E-state index contributed by atoms with van der Waals surface area (Å²) in [6, 6.07) is -0.532. The van der Waals surface area contributed by atoms with Gasteiger partial charge in [-0.3, -0.25) is 10.1 Å². The molecule has 4 nitrogen and oxygen atoms in total. The van der Waals surface area contributed by atoms with Gasteiger partial charge in [-0.05, 0) is 26.5 Å². The second kappa shape index (κ2) is 75.6. The van der Waals surface area contributed by atoms with E-state index in [0.29, 0.717) is 0 Å². The standard InChI is InChI=1S/C6H11NO2.5C2H6.CH5N/c1-4-5(2)6(3)7(8)9;6*1-2/h4,6H,1-3H3;5*1-2H3;2H2,1H3/b5-4-;;;;;;. The van der Waals surface area contributed by atoms with Gasteiger partial charge in [-0.2, -0.15) is 0 Å². The minimum absolute atomic E-state index is 0.296. The predicted octanol–water partition coefficient (Wildman–Crippen LogP) is 6.32. The van der Waals surface area contributed by atoms with Crippen LogP contribution < -0.4 is 5.73 Å². The highest BCUT2D eigenvalue weighted by Gasteiger charge is 2.12. The van der Waals surface area contributed by atoms with E-state index in [1.165, 1.54) is 7.05 Å². The van der Waals surface area contributed by atoms with Crippen molar-refractivity contribution in [3.63, 3.8) is 0 Å². The van der Waals surface area contributed by atoms with Gasteiger partial charge in [0.25, 0.3) is 0 Å². The third-order valence-corrected chi connectivity index (χ3v) is 1.43. The molecule has 136 valence electrons. The lowest BCUT2D eigenvalue weighted by Crippen LogP contribution is -2.15. The van der Waals surface area contributed by atoms with Gasteiger partial charge in [0.05, 0.1) is 0 Å². The Morgan fingerprint density at radius 3 is 1.14 bits per heavy atom. The fourth-order valence-electron chi connectivity index (χ4n) is 0.407. The van der Waals surface area contributed by atoms with Crippen LogP contribution >= 0.6 is 0 Å². The Hall–Kier alpha value is -0.900. The molecule has 0 aromatic carbocycles. The quantitative estimate of drug-likeness (QED) is 0.368. The number of nitrogens with two attached hydrogens (primary N) is 1. The Balaban J connectivity index is -0.0000000275. The molecule has 0 aromatic rings. The number of nitro groups is 1. The Morgan fingerprint density at radius 1 is 0.905 bits per heavy atom. The van der Waals surface area contributed by atoms with E-state index in [2.05, 4.69) is 5.73 Å². The van der Waals surface area contributed by atoms with Crippen LogP contribution in [0.25, 0.3) is 0 Å². The van der Waals surface area contributed by atoms with E-state index in [4.69, 9.17) is 0 Å². The molecule has 0 heterocycles. The molecule has 4 heteroatoms. The fourth-order valence-corrected chi connectivity index (χ4v) is 0.407. The zero-order valence-corrected chi connectivity index (χ0v) is 17.5. The molecule has 0 aliphatic carbocycles. The van der Waals surface area contributed by atoms with Crippen LogP contribution in [-0.4, -0.2) is 18.0 Å². The van der Waals surface area contributed by atoms with Gasteiger partial charge in [-0.15, -0.1) is 0 Å². The molecule has 0 aromatic heterocycles. The topological polar surface area (TPSA) is 69.2 Å². The Morgan fingerprint density at radius 2 is 1.10 bits per heavy atom. The molecular formula is C17H46N2O2. The largest absolute Gasteiger partial charge is 0.333 e. The first kappa shape index (κ1) is 42.7. The Labute approximate surface area is 136 Å². The van der Waals surface area contributed by atoms with Gasteiger partial charge in [0.2, 0.25) is 6.04 Å². The molecule has 0 spiro atoms. The second-order valence-corrected chi connectivity index (χ2v) is 1.99. The van der Waals surface area contributed by atoms with E-state index in [1.54, 1.807) is 26.8 Å². The Kier molecular flexibility index (Phi) is 154. The summed E-state index contributed by atoms with van der Waals surface area (Å²) >= 11 is 0. The van der Waals surface area contributed by atoms with E-state index >= 15 is 0 Å². The van der Waals surface area contributed by atoms with Crippen LogP contribution in [-0.2, 0) is 0 Å². The van der Waals surface area contributed by atoms with Gasteiger partial charge in [0.15, 0.2) is 0 Å². The summed E-state index contributed by atoms with van der Waals surface area (Å²) in [4.78, 5) is 9.77. The first-order valence-electron chi connectivity index (χ1n) is 8.43. The lowest BCUT2D eigenvalue weighted by Gasteiger charge is -2.00. The summed E-state index contributed by atoms with van der Waals surface area (Å²) < 4.78 is 0. The van der Waals surface area contributed by atoms with Crippen LogP contribution in [0.15, 0.2) is 11.6 Å². The van der Waals surface area contributed by atoms with Crippen LogP contribution in [0.1, 0.15) is 90.0 Å². The number of allylic oxidation sites excluding steroid dienone is 1. The van der Waals surface area contributed by atoms with Crippen molar-refractivity contribution in [1.29, 1.82) is 0 Å². The highest BCUT2D eigenvalue weighted by molar-refractivity contribution is 5.00. The summed E-state index contributed by atoms with van der Waals surface area (Å²) in [6.07, 6.45) is 1.76. The van der Waals surface area contributed by atoms with Crippen molar-refractivity contribution in [2.75, 3.05) is 7.05 Å². The Bertz CT molecular complexity index is 148. The lowest BCUT2D eigenvalue weighted by molar-refractivity contribution is -0.507. The molecule has 1 atom stereocenters. The summed E-state index contributed by atoms with van der Waals surface area (Å²) in [6.45, 7) is 25.1. The van der Waals surface area contributed by atoms with Crippen molar-refractivity contribution in [1.82, 2.24) is 0 Å². The van der Waals surface area contributed by atoms with E-state index in [1.807, 2.05) is 69.2 Å². The summed E-state index contributed by atoms with van der Waals surface area (Å²) in [7, 11) is 1.50. The first-order chi connectivity index (χ1) is 10.1. The highest BCUT2D eigenvalue weighted by atomic mass is 16.6. The molecule has 0 saturated heterocycles. The maximum absolute atomic E-state index is 10.1. The van der Waals surface area contributed by atoms with Gasteiger partial charge in [-0.1, -0.05) is 75.3 Å². The minimum atomic E-state index is -0.532. The summed E-state index contributed by atoms with van der Waals surface area (Å²) in [5.41, 5.74) is 5.31. The molecule has 0 rings (SSSR count). The van der Waals surface area contributed by atoms with E-state index in [0.717, 1.165) is 5.57 Å². The van der Waals surface area contributed by atoms with E-state index < -0.39 is 6.04 Å². The van der Waals surface area contributed by atoms with Gasteiger partial charge in [0, 0.05) is 11.8 Å². The van der Waals surface area contributed by atoms with Crippen LogP contribution in [0, 0.1) is 10.1 Å². The van der Waals surface area contributed by atoms with Crippen molar-refractivity contribution in [3.8, 4) is 0 Å². The van der Waals surface area contributed by atoms with E-state index in [-0.39, 0.29) is 4.92 Å². The van der Waals surface area contributed by atoms with Gasteiger partial charge in [-0.25, -0.2) is 0 Å². The minimum Gasteiger partial charge on any atom is -0.333 e. The molecule has 0 fully saturated rings. The van der Waals surface area contributed by atoms with Crippen LogP contribution in [0.3, 0.4) is 0 Å². The number of nitrogens with zero attached hydrogens (tertiary/aromatic N) is 1. The average molecular weight is 311 g/mol. The van der Waals surface area contributed by atoms with Crippen LogP contribution in [0.2, 0.25) is 0 Å². The van der Waals surface area contributed by atoms with Crippen LogP contribution in [0.4, 0.5) is 0 Å². The van der Waals surface area contributed by atoms with Crippen molar-refractivity contribution in [3.05, 3.63) is 21.8 Å². The molecule has 0 radical (unpaired) electrons. The average Bonchev–Trinajstić information content (AvgIpc) is 2.63. The number of hydrogen-bond donors (Lipinski definition) is 1. The predicted molar refractivity (Wildman–Crippen MR) is 103 cm³/mol. The second-order valence-electron chi connectivity index (χ2n) is 1.99. The number of hydrogen-bond acceptors (Lipinski definition) is 3. The van der Waals surface area contributed by atoms with Crippen molar-refractivity contribution in [2.24, 2.45) is 5.73 Å². The summed E-state index contributed by atoms with van der Waals surface area (Å²) in [5.74, 6) is 0. The lowest BCUT2D eigenvalue weighted by atomic mass is 10.1. The van der Waals surface area contributed by atoms with E-state index in [9.17, 15) is 10.1 Å². The first-order valence-corrected chi connectivity index (χ1v) is 8.43. The molecule has 0 aliphatic heterocycles. The zero-order valence-electron chi connectivity index (χ0n) is 17.5. The molecule has 0 amide bonds. The molecule has 0 aliphatic rings. The van der Waals surface area contributed by atoms with Crippen LogP contribution in [0.5, 0.6) is 0 Å². The SMILES string of the molecule is C/C=C(/C)C(C)[N+](=O)[O-].CC.CC.CC.CC.CC.CN. The molecule has 2 N–H and O–H groups in total. The van der Waals surface area contributed by atoms with Crippen molar-refractivity contribution < 1.29 is 4.92 Å². The molecule has 1 unspecified atom stereocenters. The number of rotatable bonds is 2. The molecule has 0 saturated carbocycles. The smallest absolute Gasteiger partial charge is 0.231 e. The van der Waals surface area contributed by atoms with Crippen molar-refractivity contribution in [2.45, 2.75) is 96.1 Å². The monoisotopic (exact) mass is 310 g/mol. The van der Waals surface area contributed by atoms with Gasteiger partial charge in [0.1, 0.15) is 0 Å². The van der Waals surface area contributed by atoms with Gasteiger partial charge < -0.3 is 5.73 Å². The summed E-state index contributed by atoms with van der Waals surface area (Å²) in [5, 5.41) is 10.1. The van der Waals surface area contributed by atoms with Gasteiger partial charge >= 0.3 is 0 Å². The maximum Gasteiger partial charge on any atom is 0.231 e. The highest BCUT2D eigenvalue weighted by Crippen LogP contribution is 2.02. The molecule has 0 bridgehead atoms. The fraction of sp³-hybridized carbons (Fsp3) is 0.882. The maximum atomic E-state index is 10.1. The normalized spacial score (nSPS) is 8.24. The molecular weight excluding hydrogens is 264 g/mol. The molecule has 21 heavy (non-hydrogen) atoms. The third kappa shape index (κ3) is 67.4. The third-order valence-electron chi connectivity index (χ3n) is 1.43. The van der Waals surface area contributed by atoms with Crippen molar-refractivity contribution >= 4 is 0 Å². The zero-order chi connectivity index (χ0) is 19.4.